The van der Waals surface area contributed by atoms with Gasteiger partial charge in [0.25, 0.3) is 0 Å². The monoisotopic (exact) mass is 448 g/mol. The number of aromatic nitrogens is 2. The highest BCUT2D eigenvalue weighted by atomic mass is 32.1. The van der Waals surface area contributed by atoms with Crippen molar-refractivity contribution in [2.75, 3.05) is 0 Å². The van der Waals surface area contributed by atoms with Gasteiger partial charge in [-0.25, -0.2) is 13.8 Å². The standard InChI is InChI=1S/C25H18F2N2O2S/c26-19-4-2-5-20(27)18(19)12-22(30)25-29-21-6-1-3-14-7-8-15(11-17(14)24(21)32-25)16-9-10-23(31)28-13-16/h2,4-5,7-11,13H,1,3,6,12H2,(H,28,31). The summed E-state index contributed by atoms with van der Waals surface area (Å²) in [6.45, 7) is 0. The molecule has 0 radical (unpaired) electrons. The molecule has 32 heavy (non-hydrogen) atoms. The number of fused-ring (bicyclic) bond motifs is 3. The van der Waals surface area contributed by atoms with Gasteiger partial charge in [-0.2, -0.15) is 0 Å². The van der Waals surface area contributed by atoms with E-state index in [1.54, 1.807) is 12.3 Å². The molecular formula is C25H18F2N2O2S. The molecule has 4 aromatic rings. The molecule has 1 aliphatic carbocycles. The molecule has 160 valence electrons. The van der Waals surface area contributed by atoms with E-state index in [4.69, 9.17) is 0 Å². The number of hydrogen-bond donors (Lipinski definition) is 1. The first-order valence-corrected chi connectivity index (χ1v) is 11.1. The molecule has 0 amide bonds. The number of rotatable bonds is 4. The van der Waals surface area contributed by atoms with E-state index in [1.165, 1.54) is 29.0 Å². The van der Waals surface area contributed by atoms with Crippen molar-refractivity contribution >= 4 is 17.1 Å². The molecule has 0 saturated carbocycles. The first-order valence-electron chi connectivity index (χ1n) is 10.3. The van der Waals surface area contributed by atoms with E-state index in [0.29, 0.717) is 0 Å². The van der Waals surface area contributed by atoms with Gasteiger partial charge in [0.1, 0.15) is 11.6 Å². The second kappa shape index (κ2) is 8.24. The molecule has 0 saturated heterocycles. The lowest BCUT2D eigenvalue weighted by atomic mass is 9.98. The highest BCUT2D eigenvalue weighted by molar-refractivity contribution is 7.17. The van der Waals surface area contributed by atoms with Gasteiger partial charge < -0.3 is 4.98 Å². The second-order valence-electron chi connectivity index (χ2n) is 7.76. The predicted octanol–water partition coefficient (Wildman–Crippen LogP) is 5.36. The van der Waals surface area contributed by atoms with Crippen LogP contribution in [0.25, 0.3) is 21.6 Å². The minimum atomic E-state index is -0.729. The van der Waals surface area contributed by atoms with Gasteiger partial charge in [0.2, 0.25) is 5.56 Å². The normalized spacial score (nSPS) is 12.7. The number of hydrogen-bond acceptors (Lipinski definition) is 4. The molecule has 0 unspecified atom stereocenters. The van der Waals surface area contributed by atoms with E-state index in [-0.39, 0.29) is 22.6 Å². The highest BCUT2D eigenvalue weighted by Gasteiger charge is 2.24. The number of carbonyl (C=O) groups excluding carboxylic acids is 1. The fraction of sp³-hybridized carbons (Fsp3) is 0.160. The molecule has 7 heteroatoms. The van der Waals surface area contributed by atoms with Crippen molar-refractivity contribution < 1.29 is 13.6 Å². The van der Waals surface area contributed by atoms with Crippen LogP contribution in [0.2, 0.25) is 0 Å². The number of nitrogens with one attached hydrogen (secondary N) is 1. The highest BCUT2D eigenvalue weighted by Crippen LogP contribution is 2.39. The van der Waals surface area contributed by atoms with Crippen LogP contribution < -0.4 is 5.56 Å². The summed E-state index contributed by atoms with van der Waals surface area (Å²) in [7, 11) is 0. The van der Waals surface area contributed by atoms with Gasteiger partial charge in [-0.15, -0.1) is 11.3 Å². The van der Waals surface area contributed by atoms with Crippen molar-refractivity contribution in [1.29, 1.82) is 0 Å². The van der Waals surface area contributed by atoms with E-state index >= 15 is 0 Å². The van der Waals surface area contributed by atoms with E-state index in [1.807, 2.05) is 6.07 Å². The third kappa shape index (κ3) is 3.80. The summed E-state index contributed by atoms with van der Waals surface area (Å²) < 4.78 is 28.0. The first kappa shape index (κ1) is 20.5. The van der Waals surface area contributed by atoms with Crippen LogP contribution in [0.3, 0.4) is 0 Å². The molecule has 5 rings (SSSR count). The number of halogens is 2. The van der Waals surface area contributed by atoms with Gasteiger partial charge in [-0.1, -0.05) is 18.2 Å². The van der Waals surface area contributed by atoms with Gasteiger partial charge in [0, 0.05) is 24.2 Å². The number of Topliss-reactive ketones (excluding diaryl/α,β-unsaturated/α-hetero) is 1. The number of ketones is 1. The summed E-state index contributed by atoms with van der Waals surface area (Å²) in [6.07, 6.45) is 3.84. The topological polar surface area (TPSA) is 62.8 Å². The smallest absolute Gasteiger partial charge is 0.247 e. The van der Waals surface area contributed by atoms with Gasteiger partial charge in [0.15, 0.2) is 10.8 Å². The van der Waals surface area contributed by atoms with Gasteiger partial charge in [0.05, 0.1) is 10.6 Å². The zero-order valence-electron chi connectivity index (χ0n) is 17.0. The predicted molar refractivity (Wildman–Crippen MR) is 120 cm³/mol. The summed E-state index contributed by atoms with van der Waals surface area (Å²) >= 11 is 1.27. The molecule has 2 heterocycles. The number of H-pyrrole nitrogens is 1. The number of nitrogens with zero attached hydrogens (tertiary/aromatic N) is 1. The third-order valence-electron chi connectivity index (χ3n) is 5.67. The van der Waals surface area contributed by atoms with Crippen molar-refractivity contribution in [3.8, 4) is 21.6 Å². The van der Waals surface area contributed by atoms with E-state index in [2.05, 4.69) is 22.1 Å². The van der Waals surface area contributed by atoms with Crippen molar-refractivity contribution in [1.82, 2.24) is 9.97 Å². The lowest BCUT2D eigenvalue weighted by Crippen LogP contribution is -2.07. The summed E-state index contributed by atoms with van der Waals surface area (Å²) in [5, 5.41) is 0.264. The number of pyridine rings is 1. The Morgan fingerprint density at radius 3 is 2.56 bits per heavy atom. The molecule has 1 N–H and O–H groups in total. The molecule has 1 aliphatic rings. The van der Waals surface area contributed by atoms with Crippen LogP contribution in [-0.4, -0.2) is 15.8 Å². The summed E-state index contributed by atoms with van der Waals surface area (Å²) in [5.41, 5.74) is 4.45. The van der Waals surface area contributed by atoms with Crippen LogP contribution >= 0.6 is 11.3 Å². The quantitative estimate of drug-likeness (QED) is 0.428. The molecular weight excluding hydrogens is 430 g/mol. The molecule has 2 aromatic carbocycles. The fourth-order valence-corrected chi connectivity index (χ4v) is 5.11. The van der Waals surface area contributed by atoms with Crippen LogP contribution in [0.4, 0.5) is 8.78 Å². The zero-order chi connectivity index (χ0) is 22.2. The molecule has 2 aromatic heterocycles. The maximum Gasteiger partial charge on any atom is 0.247 e. The molecule has 0 atom stereocenters. The first-order chi connectivity index (χ1) is 15.5. The lowest BCUT2D eigenvalue weighted by Gasteiger charge is -2.09. The molecule has 0 spiro atoms. The van der Waals surface area contributed by atoms with Gasteiger partial charge in [-0.05, 0) is 65.8 Å². The Labute approximate surface area is 186 Å². The Morgan fingerprint density at radius 2 is 1.81 bits per heavy atom. The van der Waals surface area contributed by atoms with E-state index < -0.39 is 17.4 Å². The zero-order valence-corrected chi connectivity index (χ0v) is 17.8. The Bertz CT molecular complexity index is 1370. The minimum absolute atomic E-state index is 0.164. The number of thiazole rings is 1. The number of aromatic amines is 1. The average molecular weight is 448 g/mol. The lowest BCUT2D eigenvalue weighted by molar-refractivity contribution is 0.0990. The maximum absolute atomic E-state index is 14.0. The van der Waals surface area contributed by atoms with Gasteiger partial charge in [-0.3, -0.25) is 9.59 Å². The number of benzene rings is 2. The Balaban J connectivity index is 1.53. The molecule has 0 fully saturated rings. The minimum Gasteiger partial charge on any atom is -0.328 e. The molecule has 0 aliphatic heterocycles. The summed E-state index contributed by atoms with van der Waals surface area (Å²) in [4.78, 5) is 32.4. The van der Waals surface area contributed by atoms with Gasteiger partial charge >= 0.3 is 0 Å². The van der Waals surface area contributed by atoms with Crippen molar-refractivity contribution in [2.45, 2.75) is 25.7 Å². The summed E-state index contributed by atoms with van der Waals surface area (Å²) in [5.74, 6) is -1.86. The van der Waals surface area contributed by atoms with Crippen molar-refractivity contribution in [3.05, 3.63) is 98.5 Å². The average Bonchev–Trinajstić information content (AvgIpc) is 3.14. The van der Waals surface area contributed by atoms with Crippen molar-refractivity contribution in [2.24, 2.45) is 0 Å². The Kier molecular flexibility index (Phi) is 5.27. The number of aryl methyl sites for hydroxylation is 2. The summed E-state index contributed by atoms with van der Waals surface area (Å²) in [6, 6.07) is 13.0. The molecule has 4 nitrogen and oxygen atoms in total. The van der Waals surface area contributed by atoms with Crippen LogP contribution in [0.5, 0.6) is 0 Å². The SMILES string of the molecule is O=C(Cc1c(F)cccc1F)c1nc2c(s1)-c1cc(-c3ccc(=O)[nH]c3)ccc1CCC2. The Morgan fingerprint density at radius 1 is 1.03 bits per heavy atom. The van der Waals surface area contributed by atoms with E-state index in [0.717, 1.165) is 58.7 Å². The van der Waals surface area contributed by atoms with Crippen LogP contribution in [0, 0.1) is 11.6 Å². The molecule has 0 bridgehead atoms. The van der Waals surface area contributed by atoms with Crippen LogP contribution in [0.1, 0.15) is 33.0 Å². The number of carbonyl (C=O) groups is 1. The van der Waals surface area contributed by atoms with Crippen molar-refractivity contribution in [3.63, 3.8) is 0 Å². The van der Waals surface area contributed by atoms with E-state index in [9.17, 15) is 18.4 Å². The Hall–Kier alpha value is -3.45. The largest absolute Gasteiger partial charge is 0.328 e. The third-order valence-corrected chi connectivity index (χ3v) is 6.84. The fourth-order valence-electron chi connectivity index (χ4n) is 4.01. The maximum atomic E-state index is 14.0. The van der Waals surface area contributed by atoms with Crippen LogP contribution in [0.15, 0.2) is 59.5 Å². The second-order valence-corrected chi connectivity index (χ2v) is 8.76. The van der Waals surface area contributed by atoms with Crippen LogP contribution in [-0.2, 0) is 19.3 Å².